The van der Waals surface area contributed by atoms with Gasteiger partial charge < -0.3 is 23.7 Å². The lowest BCUT2D eigenvalue weighted by Gasteiger charge is -2.53. The van der Waals surface area contributed by atoms with E-state index in [1.807, 2.05) is 0 Å². The average Bonchev–Trinajstić information content (AvgIpc) is 3.53. The molecule has 2 saturated carbocycles. The fourth-order valence-corrected chi connectivity index (χ4v) is 8.02. The fraction of sp³-hybridized carbons (Fsp3) is 0.810. The first-order valence-electron chi connectivity index (χ1n) is 10.5. The number of esters is 1. The molecule has 3 saturated heterocycles. The molecule has 7 rings (SSSR count). The van der Waals surface area contributed by atoms with Crippen LogP contribution in [0.15, 0.2) is 11.1 Å². The van der Waals surface area contributed by atoms with Crippen LogP contribution in [0.3, 0.4) is 0 Å². The van der Waals surface area contributed by atoms with Gasteiger partial charge in [-0.1, -0.05) is 20.8 Å². The standard InChI is InChI=1S/C21H23ClO7/c1-8(2)19-13(28-19)14-21(29-14)18(3)5-4-9-10(7-25-15(9)23)11(18)6-12-20(21,27-12)16(19)26-17(22)24/h8,11-14,16H,4-7H2,1-3H3/t11-,12-,13-,14-,16+,18-,19-,20+,21+/m0/s1. The van der Waals surface area contributed by atoms with E-state index in [1.54, 1.807) is 0 Å². The van der Waals surface area contributed by atoms with Crippen molar-refractivity contribution in [1.29, 1.82) is 0 Å². The van der Waals surface area contributed by atoms with E-state index in [0.717, 1.165) is 24.0 Å². The van der Waals surface area contributed by atoms with Crippen LogP contribution in [0.1, 0.15) is 40.0 Å². The number of ether oxygens (including phenoxy) is 5. The van der Waals surface area contributed by atoms with Gasteiger partial charge in [0, 0.05) is 22.6 Å². The molecule has 0 N–H and O–H groups in total. The molecule has 8 heteroatoms. The molecule has 0 radical (unpaired) electrons. The van der Waals surface area contributed by atoms with Crippen molar-refractivity contribution in [2.45, 2.75) is 81.3 Å². The Hall–Kier alpha value is -1.15. The molecule has 5 fully saturated rings. The highest BCUT2D eigenvalue weighted by atomic mass is 35.5. The summed E-state index contributed by atoms with van der Waals surface area (Å²) in [5, 5.41) is 0. The molecule has 0 unspecified atom stereocenters. The number of hydrogen-bond donors (Lipinski definition) is 0. The molecule has 3 aliphatic carbocycles. The van der Waals surface area contributed by atoms with Crippen LogP contribution < -0.4 is 0 Å². The Bertz CT molecular complexity index is 930. The van der Waals surface area contributed by atoms with Crippen molar-refractivity contribution in [2.24, 2.45) is 17.3 Å². The Morgan fingerprint density at radius 3 is 2.76 bits per heavy atom. The molecule has 0 bridgehead atoms. The van der Waals surface area contributed by atoms with Gasteiger partial charge >= 0.3 is 11.4 Å². The van der Waals surface area contributed by atoms with Crippen LogP contribution in [0, 0.1) is 17.3 Å². The predicted octanol–water partition coefficient (Wildman–Crippen LogP) is 2.49. The van der Waals surface area contributed by atoms with Gasteiger partial charge in [-0.25, -0.2) is 9.59 Å². The highest BCUT2D eigenvalue weighted by Gasteiger charge is 3.01. The van der Waals surface area contributed by atoms with E-state index in [1.165, 1.54) is 0 Å². The van der Waals surface area contributed by atoms with Gasteiger partial charge in [-0.3, -0.25) is 0 Å². The molecule has 0 aromatic carbocycles. The van der Waals surface area contributed by atoms with Gasteiger partial charge in [0.15, 0.2) is 11.7 Å². The summed E-state index contributed by atoms with van der Waals surface area (Å²) in [4.78, 5) is 24.0. The second-order valence-electron chi connectivity index (χ2n) is 10.2. The maximum atomic E-state index is 12.2. The number of halogens is 1. The second kappa shape index (κ2) is 4.69. The summed E-state index contributed by atoms with van der Waals surface area (Å²) in [7, 11) is 0. The second-order valence-corrected chi connectivity index (χ2v) is 10.6. The maximum absolute atomic E-state index is 12.2. The zero-order valence-electron chi connectivity index (χ0n) is 16.5. The third-order valence-electron chi connectivity index (χ3n) is 9.28. The van der Waals surface area contributed by atoms with Crippen LogP contribution in [0.4, 0.5) is 4.79 Å². The molecule has 2 spiro atoms. The van der Waals surface area contributed by atoms with Crippen molar-refractivity contribution >= 4 is 23.0 Å². The van der Waals surface area contributed by atoms with Crippen molar-refractivity contribution in [3.8, 4) is 0 Å². The lowest BCUT2D eigenvalue weighted by atomic mass is 9.46. The third-order valence-corrected chi connectivity index (χ3v) is 9.36. The number of hydrogen-bond acceptors (Lipinski definition) is 7. The summed E-state index contributed by atoms with van der Waals surface area (Å²) in [6.45, 7) is 6.76. The van der Waals surface area contributed by atoms with E-state index in [4.69, 9.17) is 35.3 Å². The van der Waals surface area contributed by atoms with Crippen LogP contribution in [0.25, 0.3) is 0 Å². The number of fused-ring (bicyclic) bond motifs is 4. The normalized spacial score (nSPS) is 57.6. The molecule has 29 heavy (non-hydrogen) atoms. The molecule has 4 aliphatic heterocycles. The molecular weight excluding hydrogens is 400 g/mol. The van der Waals surface area contributed by atoms with Crippen molar-refractivity contribution < 1.29 is 33.3 Å². The van der Waals surface area contributed by atoms with Gasteiger partial charge in [-0.15, -0.1) is 0 Å². The first-order valence-corrected chi connectivity index (χ1v) is 10.9. The Morgan fingerprint density at radius 1 is 1.24 bits per heavy atom. The van der Waals surface area contributed by atoms with Crippen LogP contribution in [0.2, 0.25) is 0 Å². The lowest BCUT2D eigenvalue weighted by Crippen LogP contribution is -2.69. The zero-order chi connectivity index (χ0) is 20.1. The SMILES string of the molecule is CC(C)[C@]12O[C@H]1[C@@H]1O[C@]13[C@]1(O[C@H]1C[C@H]1C4=C(CC[C@@]13C)C(=O)OC4)[C@@H]2OC(=O)Cl. The van der Waals surface area contributed by atoms with Crippen LogP contribution in [0.5, 0.6) is 0 Å². The number of epoxide rings is 3. The molecule has 4 heterocycles. The summed E-state index contributed by atoms with van der Waals surface area (Å²) in [5.74, 6) is 0.103. The number of carbonyl (C=O) groups excluding carboxylic acids is 2. The van der Waals surface area contributed by atoms with E-state index in [2.05, 4.69) is 20.8 Å². The first kappa shape index (κ1) is 17.5. The van der Waals surface area contributed by atoms with Crippen LogP contribution in [-0.4, -0.2) is 59.2 Å². The van der Waals surface area contributed by atoms with E-state index >= 15 is 0 Å². The Labute approximate surface area is 173 Å². The maximum Gasteiger partial charge on any atom is 0.404 e. The molecule has 7 aliphatic rings. The smallest absolute Gasteiger partial charge is 0.404 e. The van der Waals surface area contributed by atoms with Crippen molar-refractivity contribution in [1.82, 2.24) is 0 Å². The molecule has 7 nitrogen and oxygen atoms in total. The Morgan fingerprint density at radius 2 is 2.03 bits per heavy atom. The van der Waals surface area contributed by atoms with Gasteiger partial charge in [-0.05, 0) is 36.7 Å². The summed E-state index contributed by atoms with van der Waals surface area (Å²) in [5.41, 5.74) is -1.06. The van der Waals surface area contributed by atoms with Crippen LogP contribution >= 0.6 is 11.6 Å². The quantitative estimate of drug-likeness (QED) is 0.383. The van der Waals surface area contributed by atoms with E-state index in [9.17, 15) is 9.59 Å². The van der Waals surface area contributed by atoms with Crippen molar-refractivity contribution in [2.75, 3.05) is 6.61 Å². The Kier molecular flexibility index (Phi) is 2.83. The minimum absolute atomic E-state index is 0.0897. The van der Waals surface area contributed by atoms with Gasteiger partial charge in [0.1, 0.15) is 30.0 Å². The Balaban J connectivity index is 1.38. The predicted molar refractivity (Wildman–Crippen MR) is 97.2 cm³/mol. The van der Waals surface area contributed by atoms with Gasteiger partial charge in [0.25, 0.3) is 0 Å². The molecule has 0 aromatic rings. The van der Waals surface area contributed by atoms with E-state index in [0.29, 0.717) is 13.0 Å². The summed E-state index contributed by atoms with van der Waals surface area (Å²) in [6.07, 6.45) is 1.32. The minimum atomic E-state index is -0.835. The van der Waals surface area contributed by atoms with E-state index in [-0.39, 0.29) is 41.5 Å². The fourth-order valence-electron chi connectivity index (χ4n) is 7.93. The van der Waals surface area contributed by atoms with Crippen LogP contribution in [-0.2, 0) is 28.5 Å². The molecule has 9 atom stereocenters. The summed E-state index contributed by atoms with van der Waals surface area (Å²) in [6, 6.07) is 0. The zero-order valence-corrected chi connectivity index (χ0v) is 17.3. The van der Waals surface area contributed by atoms with Crippen molar-refractivity contribution in [3.63, 3.8) is 0 Å². The summed E-state index contributed by atoms with van der Waals surface area (Å²) < 4.78 is 30.4. The van der Waals surface area contributed by atoms with Gasteiger partial charge in [0.2, 0.25) is 0 Å². The van der Waals surface area contributed by atoms with Gasteiger partial charge in [0.05, 0.1) is 6.10 Å². The average molecular weight is 423 g/mol. The van der Waals surface area contributed by atoms with E-state index < -0.39 is 28.3 Å². The topological polar surface area (TPSA) is 90.2 Å². The molecule has 156 valence electrons. The third kappa shape index (κ3) is 1.57. The number of carbonyl (C=O) groups is 2. The van der Waals surface area contributed by atoms with Crippen molar-refractivity contribution in [3.05, 3.63) is 11.1 Å². The lowest BCUT2D eigenvalue weighted by molar-refractivity contribution is -0.136. The highest BCUT2D eigenvalue weighted by molar-refractivity contribution is 6.61. The van der Waals surface area contributed by atoms with Gasteiger partial charge in [-0.2, -0.15) is 0 Å². The largest absolute Gasteiger partial charge is 0.458 e. The first-order chi connectivity index (χ1) is 13.7. The monoisotopic (exact) mass is 422 g/mol. The highest BCUT2D eigenvalue weighted by Crippen LogP contribution is 2.83. The molecule has 0 aromatic heterocycles. The molecular formula is C21H23ClO7. The minimum Gasteiger partial charge on any atom is -0.458 e. The molecule has 0 amide bonds. The number of cyclic esters (lactones) is 1. The summed E-state index contributed by atoms with van der Waals surface area (Å²) >= 11 is 5.72. The number of rotatable bonds is 2.